The molecule has 1 aromatic rings. The zero-order valence-corrected chi connectivity index (χ0v) is 12.9. The maximum absolute atomic E-state index is 12.0. The molecule has 2 N–H and O–H groups in total. The molecule has 5 nitrogen and oxygen atoms in total. The van der Waals surface area contributed by atoms with Crippen molar-refractivity contribution in [1.82, 2.24) is 10.3 Å². The highest BCUT2D eigenvalue weighted by Crippen LogP contribution is 2.25. The van der Waals surface area contributed by atoms with Gasteiger partial charge >= 0.3 is 0 Å². The Kier molecular flexibility index (Phi) is 4.83. The van der Waals surface area contributed by atoms with Crippen molar-refractivity contribution in [2.45, 2.75) is 58.3 Å². The number of hydrogen-bond donors (Lipinski definition) is 2. The average Bonchev–Trinajstić information content (AvgIpc) is 2.82. The van der Waals surface area contributed by atoms with Crippen LogP contribution in [-0.2, 0) is 11.3 Å². The lowest BCUT2D eigenvalue weighted by Crippen LogP contribution is -2.34. The second kappa shape index (κ2) is 6.43. The Balaban J connectivity index is 1.85. The molecule has 1 saturated carbocycles. The van der Waals surface area contributed by atoms with Crippen LogP contribution in [0.2, 0.25) is 0 Å². The molecule has 0 spiro atoms. The van der Waals surface area contributed by atoms with Gasteiger partial charge in [0.1, 0.15) is 5.60 Å². The minimum atomic E-state index is -0.495. The molecule has 2 rings (SSSR count). The topological polar surface area (TPSA) is 71.5 Å². The molecule has 1 aliphatic carbocycles. The van der Waals surface area contributed by atoms with Gasteiger partial charge < -0.3 is 15.2 Å². The zero-order valence-electron chi connectivity index (χ0n) is 12.9. The predicted octanol–water partition coefficient (Wildman–Crippen LogP) is 2.04. The van der Waals surface area contributed by atoms with E-state index < -0.39 is 6.10 Å². The number of aliphatic hydroxyl groups excluding tert-OH is 1. The molecule has 1 heterocycles. The monoisotopic (exact) mass is 292 g/mol. The van der Waals surface area contributed by atoms with Gasteiger partial charge in [0.15, 0.2) is 0 Å². The first kappa shape index (κ1) is 15.8. The van der Waals surface area contributed by atoms with Crippen molar-refractivity contribution in [3.8, 4) is 5.88 Å². The van der Waals surface area contributed by atoms with E-state index >= 15 is 0 Å². The number of carbonyl (C=O) groups is 1. The van der Waals surface area contributed by atoms with Crippen LogP contribution in [0, 0.1) is 5.92 Å². The summed E-state index contributed by atoms with van der Waals surface area (Å²) in [5, 5.41) is 12.6. The second-order valence-corrected chi connectivity index (χ2v) is 6.54. The Labute approximate surface area is 125 Å². The molecule has 1 aromatic heterocycles. The van der Waals surface area contributed by atoms with E-state index in [0.29, 0.717) is 12.4 Å². The van der Waals surface area contributed by atoms with Gasteiger partial charge in [0.25, 0.3) is 0 Å². The lowest BCUT2D eigenvalue weighted by atomic mass is 10.1. The van der Waals surface area contributed by atoms with Crippen LogP contribution in [0.4, 0.5) is 0 Å². The van der Waals surface area contributed by atoms with E-state index in [9.17, 15) is 9.90 Å². The van der Waals surface area contributed by atoms with Crippen molar-refractivity contribution in [3.05, 3.63) is 23.9 Å². The van der Waals surface area contributed by atoms with Crippen molar-refractivity contribution >= 4 is 5.91 Å². The summed E-state index contributed by atoms with van der Waals surface area (Å²) in [6, 6.07) is 3.69. The van der Waals surface area contributed by atoms with Crippen molar-refractivity contribution in [1.29, 1.82) is 0 Å². The van der Waals surface area contributed by atoms with Crippen LogP contribution >= 0.6 is 0 Å². The van der Waals surface area contributed by atoms with Gasteiger partial charge in [0.05, 0.1) is 12.0 Å². The van der Waals surface area contributed by atoms with Gasteiger partial charge in [-0.2, -0.15) is 0 Å². The Bertz CT molecular complexity index is 479. The quantitative estimate of drug-likeness (QED) is 0.891. The summed E-state index contributed by atoms with van der Waals surface area (Å²) < 4.78 is 5.65. The number of aromatic nitrogens is 1. The van der Waals surface area contributed by atoms with Gasteiger partial charge in [-0.15, -0.1) is 0 Å². The van der Waals surface area contributed by atoms with Crippen LogP contribution in [0.1, 0.15) is 45.6 Å². The van der Waals surface area contributed by atoms with Crippen LogP contribution < -0.4 is 10.1 Å². The number of nitrogens with one attached hydrogen (secondary N) is 1. The van der Waals surface area contributed by atoms with Crippen molar-refractivity contribution in [2.24, 2.45) is 5.92 Å². The normalized spacial score (nSPS) is 22.1. The molecule has 2 atom stereocenters. The van der Waals surface area contributed by atoms with Gasteiger partial charge in [-0.1, -0.05) is 6.07 Å². The van der Waals surface area contributed by atoms with E-state index in [4.69, 9.17) is 4.74 Å². The second-order valence-electron chi connectivity index (χ2n) is 6.54. The van der Waals surface area contributed by atoms with E-state index in [1.54, 1.807) is 12.3 Å². The standard InChI is InChI=1S/C16H24N2O3/c1-16(2,3)21-14-8-7-11(9-17-14)10-18-15(20)12-5-4-6-13(12)19/h7-9,12-13,19H,4-6,10H2,1-3H3,(H,18,20). The maximum atomic E-state index is 12.0. The highest BCUT2D eigenvalue weighted by Gasteiger charge is 2.31. The third-order valence-electron chi connectivity index (χ3n) is 3.49. The molecule has 0 aromatic carbocycles. The van der Waals surface area contributed by atoms with Crippen molar-refractivity contribution in [3.63, 3.8) is 0 Å². The SMILES string of the molecule is CC(C)(C)Oc1ccc(CNC(=O)C2CCCC2O)cn1. The smallest absolute Gasteiger partial charge is 0.225 e. The van der Waals surface area contributed by atoms with Crippen LogP contribution in [0.5, 0.6) is 5.88 Å². The third-order valence-corrected chi connectivity index (χ3v) is 3.49. The Morgan fingerprint density at radius 2 is 2.19 bits per heavy atom. The molecular formula is C16H24N2O3. The number of carbonyl (C=O) groups excluding carboxylic acids is 1. The maximum Gasteiger partial charge on any atom is 0.225 e. The average molecular weight is 292 g/mol. The predicted molar refractivity (Wildman–Crippen MR) is 79.8 cm³/mol. The number of ether oxygens (including phenoxy) is 1. The fraction of sp³-hybridized carbons (Fsp3) is 0.625. The molecule has 21 heavy (non-hydrogen) atoms. The van der Waals surface area contributed by atoms with Crippen molar-refractivity contribution < 1.29 is 14.6 Å². The first-order valence-corrected chi connectivity index (χ1v) is 7.45. The van der Waals surface area contributed by atoms with Gasteiger partial charge in [-0.05, 0) is 45.6 Å². The minimum absolute atomic E-state index is 0.0741. The van der Waals surface area contributed by atoms with E-state index in [2.05, 4.69) is 10.3 Å². The minimum Gasteiger partial charge on any atom is -0.472 e. The number of amides is 1. The molecule has 0 bridgehead atoms. The van der Waals surface area contributed by atoms with Gasteiger partial charge in [0, 0.05) is 18.8 Å². The number of pyridine rings is 1. The van der Waals surface area contributed by atoms with Crippen molar-refractivity contribution in [2.75, 3.05) is 0 Å². The Hall–Kier alpha value is -1.62. The summed E-state index contributed by atoms with van der Waals surface area (Å²) in [4.78, 5) is 16.2. The van der Waals surface area contributed by atoms with Crippen LogP contribution in [0.15, 0.2) is 18.3 Å². The Morgan fingerprint density at radius 3 is 2.71 bits per heavy atom. The van der Waals surface area contributed by atoms with Gasteiger partial charge in [-0.3, -0.25) is 4.79 Å². The summed E-state index contributed by atoms with van der Waals surface area (Å²) in [5.74, 6) is 0.236. The lowest BCUT2D eigenvalue weighted by Gasteiger charge is -2.20. The fourth-order valence-electron chi connectivity index (χ4n) is 2.46. The number of hydrogen-bond acceptors (Lipinski definition) is 4. The number of nitrogens with zero attached hydrogens (tertiary/aromatic N) is 1. The number of aliphatic hydroxyl groups is 1. The van der Waals surface area contributed by atoms with Crippen LogP contribution in [-0.4, -0.2) is 27.7 Å². The molecule has 5 heteroatoms. The van der Waals surface area contributed by atoms with Gasteiger partial charge in [-0.25, -0.2) is 4.98 Å². The molecule has 0 radical (unpaired) electrons. The molecular weight excluding hydrogens is 268 g/mol. The largest absolute Gasteiger partial charge is 0.472 e. The van der Waals surface area contributed by atoms with E-state index in [-0.39, 0.29) is 17.4 Å². The molecule has 116 valence electrons. The summed E-state index contributed by atoms with van der Waals surface area (Å²) in [5.41, 5.74) is 0.638. The Morgan fingerprint density at radius 1 is 1.43 bits per heavy atom. The van der Waals surface area contributed by atoms with E-state index in [0.717, 1.165) is 24.8 Å². The molecule has 2 unspecified atom stereocenters. The lowest BCUT2D eigenvalue weighted by molar-refractivity contribution is -0.127. The fourth-order valence-corrected chi connectivity index (χ4v) is 2.46. The van der Waals surface area contributed by atoms with E-state index in [1.807, 2.05) is 26.8 Å². The summed E-state index contributed by atoms with van der Waals surface area (Å²) >= 11 is 0. The summed E-state index contributed by atoms with van der Waals surface area (Å²) in [6.45, 7) is 6.33. The molecule has 1 amide bonds. The molecule has 1 aliphatic rings. The molecule has 0 aliphatic heterocycles. The van der Waals surface area contributed by atoms with Crippen LogP contribution in [0.3, 0.4) is 0 Å². The van der Waals surface area contributed by atoms with Crippen LogP contribution in [0.25, 0.3) is 0 Å². The summed E-state index contributed by atoms with van der Waals surface area (Å²) in [6.07, 6.45) is 3.61. The zero-order chi connectivity index (χ0) is 15.5. The molecule has 0 saturated heterocycles. The summed E-state index contributed by atoms with van der Waals surface area (Å²) in [7, 11) is 0. The first-order valence-electron chi connectivity index (χ1n) is 7.45. The number of rotatable bonds is 4. The van der Waals surface area contributed by atoms with Gasteiger partial charge in [0.2, 0.25) is 11.8 Å². The molecule has 1 fully saturated rings. The highest BCUT2D eigenvalue weighted by atomic mass is 16.5. The van der Waals surface area contributed by atoms with E-state index in [1.165, 1.54) is 0 Å². The highest BCUT2D eigenvalue weighted by molar-refractivity contribution is 5.79. The third kappa shape index (κ3) is 4.70. The first-order chi connectivity index (χ1) is 9.85.